The molecule has 4 nitrogen and oxygen atoms in total. The van der Waals surface area contributed by atoms with E-state index in [1.54, 1.807) is 13.2 Å². The lowest BCUT2D eigenvalue weighted by Crippen LogP contribution is -2.25. The second kappa shape index (κ2) is 7.24. The molecule has 1 atom stereocenters. The first kappa shape index (κ1) is 14.8. The molecule has 0 aliphatic rings. The molecule has 3 N–H and O–H groups in total. The quantitative estimate of drug-likeness (QED) is 0.832. The molecule has 1 unspecified atom stereocenters. The molecule has 1 amide bonds. The third kappa shape index (κ3) is 4.55. The molecule has 0 saturated heterocycles. The van der Waals surface area contributed by atoms with Gasteiger partial charge in [-0.1, -0.05) is 17.7 Å². The first-order valence-corrected chi connectivity index (χ1v) is 6.26. The Kier molecular flexibility index (Phi) is 5.95. The third-order valence-corrected chi connectivity index (χ3v) is 2.94. The van der Waals surface area contributed by atoms with Crippen LogP contribution in [0.5, 0.6) is 5.75 Å². The van der Waals surface area contributed by atoms with Crippen LogP contribution in [0, 0.1) is 0 Å². The van der Waals surface area contributed by atoms with Crippen molar-refractivity contribution in [2.45, 2.75) is 32.4 Å². The van der Waals surface area contributed by atoms with E-state index in [0.717, 1.165) is 5.56 Å². The molecule has 1 aromatic carbocycles. The summed E-state index contributed by atoms with van der Waals surface area (Å²) in [4.78, 5) is 11.6. The second-order valence-electron chi connectivity index (χ2n) is 4.21. The first-order valence-electron chi connectivity index (χ1n) is 5.88. The van der Waals surface area contributed by atoms with E-state index in [1.165, 1.54) is 0 Å². The van der Waals surface area contributed by atoms with E-state index in [9.17, 15) is 4.79 Å². The summed E-state index contributed by atoms with van der Waals surface area (Å²) in [6.45, 7) is 2.24. The van der Waals surface area contributed by atoms with E-state index in [0.29, 0.717) is 30.2 Å². The summed E-state index contributed by atoms with van der Waals surface area (Å²) >= 11 is 6.07. The lowest BCUT2D eigenvalue weighted by atomic mass is 10.1. The van der Waals surface area contributed by atoms with Gasteiger partial charge < -0.3 is 15.8 Å². The number of hydrogen-bond acceptors (Lipinski definition) is 3. The molecule has 1 aromatic rings. The summed E-state index contributed by atoms with van der Waals surface area (Å²) in [6, 6.07) is 5.43. The van der Waals surface area contributed by atoms with Crippen molar-refractivity contribution in [3.8, 4) is 5.75 Å². The van der Waals surface area contributed by atoms with Crippen LogP contribution in [0.2, 0.25) is 5.02 Å². The highest BCUT2D eigenvalue weighted by Gasteiger charge is 2.09. The van der Waals surface area contributed by atoms with Crippen molar-refractivity contribution in [3.05, 3.63) is 28.8 Å². The van der Waals surface area contributed by atoms with Gasteiger partial charge in [0.1, 0.15) is 5.75 Å². The zero-order valence-corrected chi connectivity index (χ0v) is 11.5. The molecule has 18 heavy (non-hydrogen) atoms. The van der Waals surface area contributed by atoms with Gasteiger partial charge in [0, 0.05) is 29.6 Å². The second-order valence-corrected chi connectivity index (χ2v) is 4.62. The average Bonchev–Trinajstić information content (AvgIpc) is 2.34. The number of rotatable bonds is 6. The fourth-order valence-electron chi connectivity index (χ4n) is 1.54. The lowest BCUT2D eigenvalue weighted by molar-refractivity contribution is -0.121. The standard InChI is InChI=1S/C13H19ClN2O2/c1-9(15)6-7-13(17)16-8-10-11(14)4-3-5-12(10)18-2/h3-5,9H,6-8,15H2,1-2H3,(H,16,17). The van der Waals surface area contributed by atoms with E-state index in [-0.39, 0.29) is 11.9 Å². The van der Waals surface area contributed by atoms with Crippen LogP contribution >= 0.6 is 11.6 Å². The van der Waals surface area contributed by atoms with Crippen LogP contribution in [-0.2, 0) is 11.3 Å². The maximum atomic E-state index is 11.6. The van der Waals surface area contributed by atoms with Crippen molar-refractivity contribution in [3.63, 3.8) is 0 Å². The van der Waals surface area contributed by atoms with Crippen molar-refractivity contribution in [2.24, 2.45) is 5.73 Å². The van der Waals surface area contributed by atoms with E-state index >= 15 is 0 Å². The molecule has 0 aromatic heterocycles. The highest BCUT2D eigenvalue weighted by atomic mass is 35.5. The van der Waals surface area contributed by atoms with Gasteiger partial charge in [-0.05, 0) is 25.5 Å². The van der Waals surface area contributed by atoms with E-state index in [4.69, 9.17) is 22.1 Å². The van der Waals surface area contributed by atoms with Crippen molar-refractivity contribution in [1.29, 1.82) is 0 Å². The summed E-state index contributed by atoms with van der Waals surface area (Å²) in [5.41, 5.74) is 6.38. The summed E-state index contributed by atoms with van der Waals surface area (Å²) in [6.07, 6.45) is 1.09. The Labute approximate surface area is 112 Å². The van der Waals surface area contributed by atoms with Crippen molar-refractivity contribution >= 4 is 17.5 Å². The average molecular weight is 271 g/mol. The minimum atomic E-state index is -0.0331. The molecule has 0 aliphatic carbocycles. The van der Waals surface area contributed by atoms with Crippen molar-refractivity contribution in [1.82, 2.24) is 5.32 Å². The molecule has 1 rings (SSSR count). The number of carbonyl (C=O) groups is 1. The normalized spacial score (nSPS) is 12.0. The van der Waals surface area contributed by atoms with Crippen LogP contribution in [0.3, 0.4) is 0 Å². The summed E-state index contributed by atoms with van der Waals surface area (Å²) in [7, 11) is 1.58. The van der Waals surface area contributed by atoms with Crippen LogP contribution in [0.15, 0.2) is 18.2 Å². The molecule has 0 bridgehead atoms. The van der Waals surface area contributed by atoms with E-state index in [1.807, 2.05) is 19.1 Å². The van der Waals surface area contributed by atoms with Crippen LogP contribution in [0.25, 0.3) is 0 Å². The maximum Gasteiger partial charge on any atom is 0.220 e. The van der Waals surface area contributed by atoms with Crippen LogP contribution in [-0.4, -0.2) is 19.1 Å². The minimum Gasteiger partial charge on any atom is -0.496 e. The zero-order chi connectivity index (χ0) is 13.5. The molecular formula is C13H19ClN2O2. The SMILES string of the molecule is COc1cccc(Cl)c1CNC(=O)CCC(C)N. The minimum absolute atomic E-state index is 0.0330. The molecule has 0 heterocycles. The van der Waals surface area contributed by atoms with Gasteiger partial charge in [-0.15, -0.1) is 0 Å². The molecule has 100 valence electrons. The fourth-order valence-corrected chi connectivity index (χ4v) is 1.77. The number of amides is 1. The molecular weight excluding hydrogens is 252 g/mol. The van der Waals surface area contributed by atoms with E-state index in [2.05, 4.69) is 5.32 Å². The molecule has 0 radical (unpaired) electrons. The predicted octanol–water partition coefficient (Wildman–Crippen LogP) is 2.09. The lowest BCUT2D eigenvalue weighted by Gasteiger charge is -2.11. The Balaban J connectivity index is 2.55. The van der Waals surface area contributed by atoms with Crippen LogP contribution in [0.4, 0.5) is 0 Å². The molecule has 0 aliphatic heterocycles. The highest BCUT2D eigenvalue weighted by molar-refractivity contribution is 6.31. The summed E-state index contributed by atoms with van der Waals surface area (Å²) < 4.78 is 5.20. The predicted molar refractivity (Wildman–Crippen MR) is 72.7 cm³/mol. The van der Waals surface area contributed by atoms with Gasteiger partial charge in [-0.25, -0.2) is 0 Å². The van der Waals surface area contributed by atoms with Gasteiger partial charge in [-0.3, -0.25) is 4.79 Å². The molecule has 5 heteroatoms. The van der Waals surface area contributed by atoms with Crippen LogP contribution in [0.1, 0.15) is 25.3 Å². The monoisotopic (exact) mass is 270 g/mol. The molecule has 0 spiro atoms. The Bertz CT molecular complexity index is 408. The van der Waals surface area contributed by atoms with Crippen molar-refractivity contribution < 1.29 is 9.53 Å². The molecule has 0 fully saturated rings. The molecule has 0 saturated carbocycles. The third-order valence-electron chi connectivity index (χ3n) is 2.58. The van der Waals surface area contributed by atoms with Gasteiger partial charge in [-0.2, -0.15) is 0 Å². The number of halogens is 1. The number of nitrogens with one attached hydrogen (secondary N) is 1. The number of ether oxygens (including phenoxy) is 1. The Hall–Kier alpha value is -1.26. The largest absolute Gasteiger partial charge is 0.496 e. The van der Waals surface area contributed by atoms with Crippen molar-refractivity contribution in [2.75, 3.05) is 7.11 Å². The fraction of sp³-hybridized carbons (Fsp3) is 0.462. The van der Waals surface area contributed by atoms with Gasteiger partial charge in [0.2, 0.25) is 5.91 Å². The topological polar surface area (TPSA) is 64.3 Å². The Morgan fingerprint density at radius 2 is 2.28 bits per heavy atom. The smallest absolute Gasteiger partial charge is 0.220 e. The Morgan fingerprint density at radius 1 is 1.56 bits per heavy atom. The maximum absolute atomic E-state index is 11.6. The van der Waals surface area contributed by atoms with Gasteiger partial charge >= 0.3 is 0 Å². The van der Waals surface area contributed by atoms with Gasteiger partial charge in [0.05, 0.1) is 7.11 Å². The van der Waals surface area contributed by atoms with Gasteiger partial charge in [0.15, 0.2) is 0 Å². The van der Waals surface area contributed by atoms with E-state index < -0.39 is 0 Å². The first-order chi connectivity index (χ1) is 8.54. The number of hydrogen-bond donors (Lipinski definition) is 2. The number of methoxy groups -OCH3 is 1. The number of nitrogens with two attached hydrogens (primary N) is 1. The zero-order valence-electron chi connectivity index (χ0n) is 10.7. The Morgan fingerprint density at radius 3 is 2.89 bits per heavy atom. The summed E-state index contributed by atoms with van der Waals surface area (Å²) in [5.74, 6) is 0.643. The van der Waals surface area contributed by atoms with Crippen LogP contribution < -0.4 is 15.8 Å². The summed E-state index contributed by atoms with van der Waals surface area (Å²) in [5, 5.41) is 3.40. The number of carbonyl (C=O) groups excluding carboxylic acids is 1. The highest BCUT2D eigenvalue weighted by Crippen LogP contribution is 2.25. The number of benzene rings is 1. The van der Waals surface area contributed by atoms with Gasteiger partial charge in [0.25, 0.3) is 0 Å².